The number of nitrogens with zero attached hydrogens (tertiary/aromatic N) is 1. The third-order valence-electron chi connectivity index (χ3n) is 2.74. The van der Waals surface area contributed by atoms with Gasteiger partial charge in [0.05, 0.1) is 12.8 Å². The molecule has 0 amide bonds. The minimum absolute atomic E-state index is 0.281. The molecule has 7 heteroatoms. The second-order valence-corrected chi connectivity index (χ2v) is 5.59. The lowest BCUT2D eigenvalue weighted by atomic mass is 10.1. The fourth-order valence-electron chi connectivity index (χ4n) is 1.62. The number of nitrogens with one attached hydrogen (secondary N) is 1. The van der Waals surface area contributed by atoms with Crippen molar-refractivity contribution in [3.8, 4) is 17.0 Å². The topological polar surface area (TPSA) is 92.3 Å². The average molecular weight is 306 g/mol. The van der Waals surface area contributed by atoms with E-state index in [0.717, 1.165) is 17.3 Å². The summed E-state index contributed by atoms with van der Waals surface area (Å²) in [6.07, 6.45) is 0. The molecule has 1 unspecified atom stereocenters. The summed E-state index contributed by atoms with van der Waals surface area (Å²) >= 11 is 0.991. The van der Waals surface area contributed by atoms with Crippen molar-refractivity contribution < 1.29 is 14.6 Å². The SMILES string of the molecule is COc1ccc(-c2cc(=O)[nH]c(SC(C)C(=O)O)n2)cc1. The molecule has 0 saturated heterocycles. The zero-order valence-corrected chi connectivity index (χ0v) is 12.3. The van der Waals surface area contributed by atoms with E-state index in [-0.39, 0.29) is 10.7 Å². The molecule has 0 saturated carbocycles. The highest BCUT2D eigenvalue weighted by Crippen LogP contribution is 2.23. The van der Waals surface area contributed by atoms with Crippen molar-refractivity contribution >= 4 is 17.7 Å². The van der Waals surface area contributed by atoms with Crippen LogP contribution in [0.4, 0.5) is 0 Å². The number of thioether (sulfide) groups is 1. The molecule has 2 rings (SSSR count). The van der Waals surface area contributed by atoms with E-state index < -0.39 is 11.2 Å². The molecule has 0 radical (unpaired) electrons. The molecule has 1 atom stereocenters. The van der Waals surface area contributed by atoms with Gasteiger partial charge in [0.1, 0.15) is 11.0 Å². The van der Waals surface area contributed by atoms with Gasteiger partial charge < -0.3 is 14.8 Å². The maximum atomic E-state index is 11.7. The van der Waals surface area contributed by atoms with Gasteiger partial charge in [-0.15, -0.1) is 0 Å². The highest BCUT2D eigenvalue weighted by Gasteiger charge is 2.15. The van der Waals surface area contributed by atoms with Gasteiger partial charge in [0, 0.05) is 11.6 Å². The summed E-state index contributed by atoms with van der Waals surface area (Å²) in [5.41, 5.74) is 0.920. The van der Waals surface area contributed by atoms with Crippen LogP contribution in [0.1, 0.15) is 6.92 Å². The maximum absolute atomic E-state index is 11.7. The summed E-state index contributed by atoms with van der Waals surface area (Å²) in [4.78, 5) is 29.4. The van der Waals surface area contributed by atoms with Gasteiger partial charge in [-0.3, -0.25) is 9.59 Å². The number of methoxy groups -OCH3 is 1. The molecule has 0 aliphatic rings. The Hall–Kier alpha value is -2.28. The summed E-state index contributed by atoms with van der Waals surface area (Å²) < 4.78 is 5.07. The highest BCUT2D eigenvalue weighted by atomic mass is 32.2. The molecule has 1 heterocycles. The molecular formula is C14H14N2O4S. The first-order valence-electron chi connectivity index (χ1n) is 6.15. The van der Waals surface area contributed by atoms with E-state index in [4.69, 9.17) is 9.84 Å². The summed E-state index contributed by atoms with van der Waals surface area (Å²) in [5, 5.41) is 8.49. The predicted molar refractivity (Wildman–Crippen MR) is 79.8 cm³/mol. The van der Waals surface area contributed by atoms with Crippen LogP contribution < -0.4 is 10.3 Å². The van der Waals surface area contributed by atoms with Crippen molar-refractivity contribution in [3.05, 3.63) is 40.7 Å². The van der Waals surface area contributed by atoms with Crippen LogP contribution in [0.3, 0.4) is 0 Å². The average Bonchev–Trinajstić information content (AvgIpc) is 2.46. The number of rotatable bonds is 5. The number of H-pyrrole nitrogens is 1. The van der Waals surface area contributed by atoms with Crippen molar-refractivity contribution in [3.63, 3.8) is 0 Å². The van der Waals surface area contributed by atoms with Crippen LogP contribution in [0.5, 0.6) is 5.75 Å². The van der Waals surface area contributed by atoms with Crippen LogP contribution in [-0.2, 0) is 4.79 Å². The van der Waals surface area contributed by atoms with E-state index in [1.54, 1.807) is 31.4 Å². The molecule has 0 aliphatic heterocycles. The second kappa shape index (κ2) is 6.45. The molecule has 21 heavy (non-hydrogen) atoms. The number of hydrogen-bond acceptors (Lipinski definition) is 5. The van der Waals surface area contributed by atoms with Gasteiger partial charge >= 0.3 is 5.97 Å². The number of aromatic nitrogens is 2. The largest absolute Gasteiger partial charge is 0.497 e. The van der Waals surface area contributed by atoms with E-state index in [0.29, 0.717) is 11.4 Å². The molecule has 1 aromatic carbocycles. The first kappa shape index (κ1) is 15.1. The minimum Gasteiger partial charge on any atom is -0.497 e. The van der Waals surface area contributed by atoms with Gasteiger partial charge in [-0.05, 0) is 31.2 Å². The first-order chi connectivity index (χ1) is 9.99. The molecule has 0 fully saturated rings. The fourth-order valence-corrected chi connectivity index (χ4v) is 2.36. The minimum atomic E-state index is -0.961. The summed E-state index contributed by atoms with van der Waals surface area (Å²) in [7, 11) is 1.57. The third-order valence-corrected chi connectivity index (χ3v) is 3.71. The summed E-state index contributed by atoms with van der Waals surface area (Å²) in [5.74, 6) is -0.254. The Morgan fingerprint density at radius 3 is 2.62 bits per heavy atom. The smallest absolute Gasteiger partial charge is 0.316 e. The predicted octanol–water partition coefficient (Wildman–Crippen LogP) is 2.01. The lowest BCUT2D eigenvalue weighted by Crippen LogP contribution is -2.14. The zero-order chi connectivity index (χ0) is 15.4. The van der Waals surface area contributed by atoms with E-state index in [2.05, 4.69) is 9.97 Å². The number of aromatic amines is 1. The standard InChI is InChI=1S/C14H14N2O4S/c1-8(13(18)19)21-14-15-11(7-12(17)16-14)9-3-5-10(20-2)6-4-9/h3-8H,1-2H3,(H,18,19)(H,15,16,17). The molecule has 110 valence electrons. The van der Waals surface area contributed by atoms with Gasteiger partial charge in [0.25, 0.3) is 5.56 Å². The summed E-state index contributed by atoms with van der Waals surface area (Å²) in [6.45, 7) is 1.53. The van der Waals surface area contributed by atoms with Gasteiger partial charge in [-0.2, -0.15) is 0 Å². The van der Waals surface area contributed by atoms with Gasteiger partial charge in [-0.1, -0.05) is 11.8 Å². The Labute approximate surface area is 125 Å². The zero-order valence-electron chi connectivity index (χ0n) is 11.5. The third kappa shape index (κ3) is 3.85. The number of carboxylic acid groups (broad SMARTS) is 1. The van der Waals surface area contributed by atoms with E-state index in [1.807, 2.05) is 0 Å². The van der Waals surface area contributed by atoms with Gasteiger partial charge in [-0.25, -0.2) is 4.98 Å². The van der Waals surface area contributed by atoms with Crippen molar-refractivity contribution in [2.75, 3.05) is 7.11 Å². The number of hydrogen-bond donors (Lipinski definition) is 2. The normalized spacial score (nSPS) is 11.9. The van der Waals surface area contributed by atoms with E-state index in [9.17, 15) is 9.59 Å². The molecule has 1 aromatic heterocycles. The van der Waals surface area contributed by atoms with Crippen LogP contribution >= 0.6 is 11.8 Å². The Kier molecular flexibility index (Phi) is 4.64. The van der Waals surface area contributed by atoms with Crippen LogP contribution in [0.25, 0.3) is 11.3 Å². The lowest BCUT2D eigenvalue weighted by molar-refractivity contribution is -0.136. The fraction of sp³-hybridized carbons (Fsp3) is 0.214. The van der Waals surface area contributed by atoms with Crippen molar-refractivity contribution in [2.45, 2.75) is 17.3 Å². The number of carbonyl (C=O) groups is 1. The number of benzene rings is 1. The molecule has 2 aromatic rings. The van der Waals surface area contributed by atoms with Crippen LogP contribution in [0, 0.1) is 0 Å². The number of carboxylic acids is 1. The van der Waals surface area contributed by atoms with Crippen LogP contribution in [0.2, 0.25) is 0 Å². The Balaban J connectivity index is 2.33. The Morgan fingerprint density at radius 1 is 1.38 bits per heavy atom. The molecule has 6 nitrogen and oxygen atoms in total. The van der Waals surface area contributed by atoms with Crippen molar-refractivity contribution in [1.29, 1.82) is 0 Å². The van der Waals surface area contributed by atoms with E-state index >= 15 is 0 Å². The van der Waals surface area contributed by atoms with Crippen molar-refractivity contribution in [1.82, 2.24) is 9.97 Å². The first-order valence-corrected chi connectivity index (χ1v) is 7.03. The maximum Gasteiger partial charge on any atom is 0.316 e. The number of ether oxygens (including phenoxy) is 1. The quantitative estimate of drug-likeness (QED) is 0.648. The Morgan fingerprint density at radius 2 is 2.05 bits per heavy atom. The molecular weight excluding hydrogens is 292 g/mol. The highest BCUT2D eigenvalue weighted by molar-refractivity contribution is 8.00. The van der Waals surface area contributed by atoms with Crippen LogP contribution in [0.15, 0.2) is 40.3 Å². The molecule has 0 spiro atoms. The van der Waals surface area contributed by atoms with Crippen LogP contribution in [-0.4, -0.2) is 33.4 Å². The Bertz CT molecular complexity index is 697. The van der Waals surface area contributed by atoms with E-state index in [1.165, 1.54) is 13.0 Å². The lowest BCUT2D eigenvalue weighted by Gasteiger charge is -2.07. The monoisotopic (exact) mass is 306 g/mol. The molecule has 0 bridgehead atoms. The van der Waals surface area contributed by atoms with Gasteiger partial charge in [0.2, 0.25) is 0 Å². The van der Waals surface area contributed by atoms with Gasteiger partial charge in [0.15, 0.2) is 5.16 Å². The van der Waals surface area contributed by atoms with Crippen molar-refractivity contribution in [2.24, 2.45) is 0 Å². The second-order valence-electron chi connectivity index (χ2n) is 4.26. The number of aliphatic carboxylic acids is 1. The molecule has 2 N–H and O–H groups in total. The summed E-state index contributed by atoms with van der Waals surface area (Å²) in [6, 6.07) is 8.48. The molecule has 0 aliphatic carbocycles.